The van der Waals surface area contributed by atoms with Crippen LogP contribution in [0.1, 0.15) is 51.9 Å². The maximum Gasteiger partial charge on any atom is 0.227 e. The van der Waals surface area contributed by atoms with Crippen molar-refractivity contribution in [2.24, 2.45) is 12.0 Å². The summed E-state index contributed by atoms with van der Waals surface area (Å²) in [7, 11) is 1.95. The van der Waals surface area contributed by atoms with E-state index in [9.17, 15) is 4.79 Å². The molecule has 7 nitrogen and oxygen atoms in total. The van der Waals surface area contributed by atoms with Gasteiger partial charge in [0.15, 0.2) is 0 Å². The van der Waals surface area contributed by atoms with Gasteiger partial charge < -0.3 is 4.90 Å². The second-order valence-electron chi connectivity index (χ2n) is 9.88. The molecule has 7 heteroatoms. The van der Waals surface area contributed by atoms with Crippen LogP contribution in [0.3, 0.4) is 0 Å². The van der Waals surface area contributed by atoms with Crippen molar-refractivity contribution in [2.75, 3.05) is 13.1 Å². The van der Waals surface area contributed by atoms with Crippen LogP contribution in [0.4, 0.5) is 0 Å². The first kappa shape index (κ1) is 21.2. The zero-order chi connectivity index (χ0) is 23.2. The van der Waals surface area contributed by atoms with Gasteiger partial charge in [0, 0.05) is 67.5 Å². The standard InChI is InChI=1S/C27H30N6O/c1-18-8-20(5-6-28-18)27-25-10-23-16-33(26(34)11-21(23)9-22(25)13-29-27)24-4-3-7-32(17-24)15-19-12-30-31(2)14-19/h5-6,8-10,12,14,24H,3-4,7,11,13,15-17H2,1-2H3/t24-/m1/s1. The zero-order valence-corrected chi connectivity index (χ0v) is 19.9. The number of nitrogens with zero attached hydrogens (tertiary/aromatic N) is 6. The van der Waals surface area contributed by atoms with Crippen LogP contribution >= 0.6 is 0 Å². The molecule has 34 heavy (non-hydrogen) atoms. The molecule has 1 saturated heterocycles. The summed E-state index contributed by atoms with van der Waals surface area (Å²) in [4.78, 5) is 27.0. The van der Waals surface area contributed by atoms with Gasteiger partial charge in [-0.15, -0.1) is 0 Å². The molecule has 6 rings (SSSR count). The topological polar surface area (TPSA) is 66.6 Å². The predicted molar refractivity (Wildman–Crippen MR) is 131 cm³/mol. The number of piperidine rings is 1. The molecule has 0 spiro atoms. The molecule has 3 aromatic rings. The van der Waals surface area contributed by atoms with E-state index < -0.39 is 0 Å². The first-order valence-electron chi connectivity index (χ1n) is 12.2. The molecule has 1 fully saturated rings. The molecule has 0 radical (unpaired) electrons. The fourth-order valence-corrected chi connectivity index (χ4v) is 5.70. The summed E-state index contributed by atoms with van der Waals surface area (Å²) in [5, 5.41) is 4.30. The Bertz CT molecular complexity index is 1290. The first-order valence-corrected chi connectivity index (χ1v) is 12.2. The van der Waals surface area contributed by atoms with Crippen molar-refractivity contribution in [1.82, 2.24) is 24.6 Å². The van der Waals surface area contributed by atoms with Gasteiger partial charge >= 0.3 is 0 Å². The summed E-state index contributed by atoms with van der Waals surface area (Å²) in [6, 6.07) is 8.91. The molecule has 5 heterocycles. The van der Waals surface area contributed by atoms with E-state index in [4.69, 9.17) is 4.99 Å². The smallest absolute Gasteiger partial charge is 0.227 e. The van der Waals surface area contributed by atoms with Crippen molar-refractivity contribution in [2.45, 2.75) is 51.9 Å². The summed E-state index contributed by atoms with van der Waals surface area (Å²) in [6.07, 6.45) is 8.55. The van der Waals surface area contributed by atoms with Crippen LogP contribution in [-0.2, 0) is 37.9 Å². The van der Waals surface area contributed by atoms with Crippen LogP contribution in [0, 0.1) is 6.92 Å². The molecule has 0 bridgehead atoms. The maximum atomic E-state index is 13.2. The van der Waals surface area contributed by atoms with Crippen LogP contribution in [0.15, 0.2) is 47.8 Å². The number of aryl methyl sites for hydroxylation is 2. The molecule has 2 aromatic heterocycles. The van der Waals surface area contributed by atoms with Crippen LogP contribution in [-0.4, -0.2) is 55.3 Å². The Morgan fingerprint density at radius 1 is 1.15 bits per heavy atom. The van der Waals surface area contributed by atoms with Gasteiger partial charge in [-0.25, -0.2) is 0 Å². The zero-order valence-electron chi connectivity index (χ0n) is 19.9. The lowest BCUT2D eigenvalue weighted by Crippen LogP contribution is -2.51. The minimum Gasteiger partial charge on any atom is -0.334 e. The monoisotopic (exact) mass is 454 g/mol. The van der Waals surface area contributed by atoms with Gasteiger partial charge in [-0.3, -0.25) is 24.4 Å². The number of pyridine rings is 1. The van der Waals surface area contributed by atoms with Crippen LogP contribution in [0.25, 0.3) is 0 Å². The van der Waals surface area contributed by atoms with Crippen LogP contribution < -0.4 is 0 Å². The van der Waals surface area contributed by atoms with Gasteiger partial charge in [0.25, 0.3) is 0 Å². The highest BCUT2D eigenvalue weighted by Crippen LogP contribution is 2.32. The molecule has 0 unspecified atom stereocenters. The van der Waals surface area contributed by atoms with Gasteiger partial charge in [-0.2, -0.15) is 5.10 Å². The Labute approximate surface area is 200 Å². The Kier molecular flexibility index (Phi) is 5.29. The van der Waals surface area contributed by atoms with E-state index in [2.05, 4.69) is 44.3 Å². The Morgan fingerprint density at radius 2 is 2.06 bits per heavy atom. The molecule has 1 atom stereocenters. The van der Waals surface area contributed by atoms with E-state index in [0.29, 0.717) is 19.5 Å². The lowest BCUT2D eigenvalue weighted by molar-refractivity contribution is -0.135. The number of aromatic nitrogens is 3. The molecule has 174 valence electrons. The number of hydrogen-bond acceptors (Lipinski definition) is 5. The second-order valence-corrected chi connectivity index (χ2v) is 9.88. The molecule has 3 aliphatic heterocycles. The molecule has 3 aliphatic rings. The van der Waals surface area contributed by atoms with E-state index >= 15 is 0 Å². The largest absolute Gasteiger partial charge is 0.334 e. The molecule has 0 N–H and O–H groups in total. The molecular weight excluding hydrogens is 424 g/mol. The van der Waals surface area contributed by atoms with E-state index in [1.165, 1.54) is 27.8 Å². The Morgan fingerprint density at radius 3 is 2.88 bits per heavy atom. The number of amides is 1. The molecule has 1 amide bonds. The number of benzene rings is 1. The van der Waals surface area contributed by atoms with Gasteiger partial charge in [0.2, 0.25) is 5.91 Å². The molecule has 0 saturated carbocycles. The van der Waals surface area contributed by atoms with E-state index in [0.717, 1.165) is 49.4 Å². The number of carbonyl (C=O) groups excluding carboxylic acids is 1. The van der Waals surface area contributed by atoms with Crippen molar-refractivity contribution in [1.29, 1.82) is 0 Å². The third kappa shape index (κ3) is 3.94. The first-order chi connectivity index (χ1) is 16.5. The van der Waals surface area contributed by atoms with Crippen molar-refractivity contribution in [3.63, 3.8) is 0 Å². The Hall–Kier alpha value is -3.32. The number of hydrogen-bond donors (Lipinski definition) is 0. The van der Waals surface area contributed by atoms with E-state index in [1.807, 2.05) is 37.1 Å². The Balaban J connectivity index is 1.22. The van der Waals surface area contributed by atoms with Gasteiger partial charge in [0.05, 0.1) is 24.9 Å². The minimum absolute atomic E-state index is 0.254. The van der Waals surface area contributed by atoms with Gasteiger partial charge in [0.1, 0.15) is 0 Å². The number of likely N-dealkylation sites (tertiary alicyclic amines) is 1. The van der Waals surface area contributed by atoms with E-state index in [-0.39, 0.29) is 11.9 Å². The number of aliphatic imine (C=N–C) groups is 1. The lowest BCUT2D eigenvalue weighted by Gasteiger charge is -2.41. The highest BCUT2D eigenvalue weighted by atomic mass is 16.2. The van der Waals surface area contributed by atoms with Crippen LogP contribution in [0.5, 0.6) is 0 Å². The van der Waals surface area contributed by atoms with Crippen molar-refractivity contribution in [3.05, 3.63) is 81.9 Å². The lowest BCUT2D eigenvalue weighted by atomic mass is 9.90. The molecule has 1 aromatic carbocycles. The minimum atomic E-state index is 0.254. The SMILES string of the molecule is Cc1cc(C2=NCc3cc4c(cc32)CN([C@@H]2CCCN(Cc3cnn(C)c3)C2)C(=O)C4)ccn1. The second kappa shape index (κ2) is 8.47. The maximum absolute atomic E-state index is 13.2. The molecular formula is C27H30N6O. The third-order valence-corrected chi connectivity index (χ3v) is 7.35. The van der Waals surface area contributed by atoms with E-state index in [1.54, 1.807) is 0 Å². The van der Waals surface area contributed by atoms with Crippen molar-refractivity contribution < 1.29 is 4.79 Å². The van der Waals surface area contributed by atoms with Crippen LogP contribution in [0.2, 0.25) is 0 Å². The van der Waals surface area contributed by atoms with Gasteiger partial charge in [-0.1, -0.05) is 6.07 Å². The van der Waals surface area contributed by atoms with Gasteiger partial charge in [-0.05, 0) is 61.2 Å². The summed E-state index contributed by atoms with van der Waals surface area (Å²) >= 11 is 0. The average molecular weight is 455 g/mol. The average Bonchev–Trinajstić information content (AvgIpc) is 3.42. The highest BCUT2D eigenvalue weighted by molar-refractivity contribution is 6.15. The fourth-order valence-electron chi connectivity index (χ4n) is 5.70. The number of carbonyl (C=O) groups is 1. The highest BCUT2D eigenvalue weighted by Gasteiger charge is 2.33. The summed E-state index contributed by atoms with van der Waals surface area (Å²) < 4.78 is 1.85. The van der Waals surface area contributed by atoms with Crippen molar-refractivity contribution in [3.8, 4) is 0 Å². The summed E-state index contributed by atoms with van der Waals surface area (Å²) in [5.74, 6) is 0.254. The third-order valence-electron chi connectivity index (χ3n) is 7.35. The predicted octanol–water partition coefficient (Wildman–Crippen LogP) is 3.02. The number of rotatable bonds is 4. The summed E-state index contributed by atoms with van der Waals surface area (Å²) in [5.41, 5.74) is 9.27. The molecule has 0 aliphatic carbocycles. The normalized spacial score (nSPS) is 20.3. The number of fused-ring (bicyclic) bond motifs is 2. The quantitative estimate of drug-likeness (QED) is 0.608. The van der Waals surface area contributed by atoms with Crippen molar-refractivity contribution >= 4 is 11.6 Å². The summed E-state index contributed by atoms with van der Waals surface area (Å²) in [6.45, 7) is 6.27. The fraction of sp³-hybridized carbons (Fsp3) is 0.407.